The van der Waals surface area contributed by atoms with Crippen LogP contribution in [0.2, 0.25) is 0 Å². The van der Waals surface area contributed by atoms with Gasteiger partial charge in [-0.3, -0.25) is 4.90 Å². The molecule has 1 atom stereocenters. The Labute approximate surface area is 155 Å². The summed E-state index contributed by atoms with van der Waals surface area (Å²) in [5.74, 6) is 0.264. The van der Waals surface area contributed by atoms with Gasteiger partial charge in [-0.15, -0.1) is 0 Å². The van der Waals surface area contributed by atoms with Gasteiger partial charge < -0.3 is 10.2 Å². The van der Waals surface area contributed by atoms with E-state index in [0.717, 1.165) is 25.1 Å². The molecule has 0 bridgehead atoms. The van der Waals surface area contributed by atoms with Gasteiger partial charge in [0.15, 0.2) is 0 Å². The summed E-state index contributed by atoms with van der Waals surface area (Å²) < 4.78 is 0. The Hall–Kier alpha value is -2.62. The van der Waals surface area contributed by atoms with E-state index in [1.807, 2.05) is 48.5 Å². The number of benzene rings is 3. The van der Waals surface area contributed by atoms with Gasteiger partial charge in [-0.1, -0.05) is 72.8 Å². The highest BCUT2D eigenvalue weighted by Gasteiger charge is 2.19. The van der Waals surface area contributed by atoms with E-state index in [2.05, 4.69) is 29.2 Å². The number of rotatable bonds is 8. The van der Waals surface area contributed by atoms with Crippen LogP contribution in [0.25, 0.3) is 0 Å². The highest BCUT2D eigenvalue weighted by Crippen LogP contribution is 2.18. The van der Waals surface area contributed by atoms with Crippen molar-refractivity contribution in [3.05, 3.63) is 102 Å². The number of aliphatic hydroxyl groups excluding tert-OH is 1. The average molecular weight is 347 g/mol. The first-order valence-electron chi connectivity index (χ1n) is 8.95. The van der Waals surface area contributed by atoms with E-state index in [4.69, 9.17) is 0 Å². The fraction of sp³-hybridized carbons (Fsp3) is 0.217. The van der Waals surface area contributed by atoms with Gasteiger partial charge in [-0.05, 0) is 35.2 Å². The zero-order valence-electron chi connectivity index (χ0n) is 14.8. The number of hydrogen-bond donors (Lipinski definition) is 2. The first-order chi connectivity index (χ1) is 12.7. The van der Waals surface area contributed by atoms with Crippen molar-refractivity contribution >= 4 is 0 Å². The molecule has 3 heteroatoms. The summed E-state index contributed by atoms with van der Waals surface area (Å²) in [6.45, 7) is 1.64. The predicted octanol–water partition coefficient (Wildman–Crippen LogP) is 4.00. The third-order valence-corrected chi connectivity index (χ3v) is 4.59. The zero-order valence-corrected chi connectivity index (χ0v) is 14.8. The van der Waals surface area contributed by atoms with Crippen LogP contribution in [0.15, 0.2) is 84.9 Å². The molecule has 0 spiro atoms. The SMILES string of the molecule is OCC(Cc1ccc(O)cc1)N(Cc1ccccc1)Cc1ccccc1. The molecule has 1 unspecified atom stereocenters. The van der Waals surface area contributed by atoms with Crippen LogP contribution >= 0.6 is 0 Å². The minimum absolute atomic E-state index is 0.0000416. The Morgan fingerprint density at radius 1 is 0.654 bits per heavy atom. The second-order valence-corrected chi connectivity index (χ2v) is 6.58. The first kappa shape index (κ1) is 18.2. The largest absolute Gasteiger partial charge is 0.508 e. The van der Waals surface area contributed by atoms with Crippen molar-refractivity contribution in [2.45, 2.75) is 25.6 Å². The number of aliphatic hydroxyl groups is 1. The van der Waals surface area contributed by atoms with Crippen molar-refractivity contribution < 1.29 is 10.2 Å². The fourth-order valence-corrected chi connectivity index (χ4v) is 3.16. The van der Waals surface area contributed by atoms with Gasteiger partial charge in [0.1, 0.15) is 5.75 Å². The molecule has 26 heavy (non-hydrogen) atoms. The van der Waals surface area contributed by atoms with Gasteiger partial charge in [0.05, 0.1) is 6.61 Å². The molecule has 0 aromatic heterocycles. The van der Waals surface area contributed by atoms with E-state index in [1.165, 1.54) is 11.1 Å². The molecule has 0 saturated carbocycles. The first-order valence-corrected chi connectivity index (χ1v) is 8.95. The summed E-state index contributed by atoms with van der Waals surface area (Å²) in [6.07, 6.45) is 0.733. The third kappa shape index (κ3) is 5.19. The molecule has 3 aromatic carbocycles. The van der Waals surface area contributed by atoms with Crippen molar-refractivity contribution in [3.63, 3.8) is 0 Å². The van der Waals surface area contributed by atoms with Crippen molar-refractivity contribution in [2.75, 3.05) is 6.61 Å². The lowest BCUT2D eigenvalue weighted by Crippen LogP contribution is -2.38. The van der Waals surface area contributed by atoms with Crippen LogP contribution in [0.5, 0.6) is 5.75 Å². The van der Waals surface area contributed by atoms with Crippen molar-refractivity contribution in [3.8, 4) is 5.75 Å². The topological polar surface area (TPSA) is 43.7 Å². The van der Waals surface area contributed by atoms with E-state index in [-0.39, 0.29) is 18.4 Å². The number of nitrogens with zero attached hydrogens (tertiary/aromatic N) is 1. The minimum Gasteiger partial charge on any atom is -0.508 e. The molecule has 0 aliphatic rings. The molecule has 3 aromatic rings. The third-order valence-electron chi connectivity index (χ3n) is 4.59. The van der Waals surface area contributed by atoms with Crippen molar-refractivity contribution in [1.82, 2.24) is 4.90 Å². The van der Waals surface area contributed by atoms with Crippen LogP contribution in [0.3, 0.4) is 0 Å². The number of aromatic hydroxyl groups is 1. The number of hydrogen-bond acceptors (Lipinski definition) is 3. The Bertz CT molecular complexity index is 731. The predicted molar refractivity (Wildman–Crippen MR) is 105 cm³/mol. The maximum absolute atomic E-state index is 10.1. The summed E-state index contributed by atoms with van der Waals surface area (Å²) in [5.41, 5.74) is 3.56. The summed E-state index contributed by atoms with van der Waals surface area (Å²) >= 11 is 0. The Kier molecular flexibility index (Phi) is 6.42. The van der Waals surface area contributed by atoms with Crippen molar-refractivity contribution in [2.24, 2.45) is 0 Å². The normalized spacial score (nSPS) is 12.2. The summed E-state index contributed by atoms with van der Waals surface area (Å²) in [7, 11) is 0. The molecule has 0 heterocycles. The van der Waals surface area contributed by atoms with Gasteiger partial charge in [-0.2, -0.15) is 0 Å². The van der Waals surface area contributed by atoms with Gasteiger partial charge >= 0.3 is 0 Å². The standard InChI is InChI=1S/C23H25NO2/c25-18-22(15-19-11-13-23(26)14-12-19)24(16-20-7-3-1-4-8-20)17-21-9-5-2-6-10-21/h1-14,22,25-26H,15-18H2. The Morgan fingerprint density at radius 2 is 1.15 bits per heavy atom. The average Bonchev–Trinajstić information content (AvgIpc) is 2.69. The van der Waals surface area contributed by atoms with Crippen molar-refractivity contribution in [1.29, 1.82) is 0 Å². The lowest BCUT2D eigenvalue weighted by Gasteiger charge is -2.31. The van der Waals surface area contributed by atoms with Crippen LogP contribution in [0.4, 0.5) is 0 Å². The zero-order chi connectivity index (χ0) is 18.2. The Morgan fingerprint density at radius 3 is 1.62 bits per heavy atom. The molecule has 0 fully saturated rings. The summed E-state index contributed by atoms with van der Waals surface area (Å²) in [5, 5.41) is 19.6. The molecule has 0 radical (unpaired) electrons. The molecule has 3 nitrogen and oxygen atoms in total. The van der Waals surface area contributed by atoms with E-state index in [1.54, 1.807) is 12.1 Å². The molecule has 0 aliphatic carbocycles. The van der Waals surface area contributed by atoms with Crippen LogP contribution in [0, 0.1) is 0 Å². The van der Waals surface area contributed by atoms with E-state index < -0.39 is 0 Å². The lowest BCUT2D eigenvalue weighted by molar-refractivity contribution is 0.109. The number of phenols is 1. The maximum atomic E-state index is 10.1. The van der Waals surface area contributed by atoms with Gasteiger partial charge in [0, 0.05) is 19.1 Å². The maximum Gasteiger partial charge on any atom is 0.115 e. The molecule has 0 aliphatic heterocycles. The van der Waals surface area contributed by atoms with Gasteiger partial charge in [-0.25, -0.2) is 0 Å². The molecule has 134 valence electrons. The Balaban J connectivity index is 1.80. The van der Waals surface area contributed by atoms with E-state index in [0.29, 0.717) is 0 Å². The molecule has 2 N–H and O–H groups in total. The monoisotopic (exact) mass is 347 g/mol. The molecule has 0 amide bonds. The van der Waals surface area contributed by atoms with E-state index >= 15 is 0 Å². The number of phenolic OH excluding ortho intramolecular Hbond substituents is 1. The molecular formula is C23H25NO2. The quantitative estimate of drug-likeness (QED) is 0.647. The van der Waals surface area contributed by atoms with Gasteiger partial charge in [0.25, 0.3) is 0 Å². The van der Waals surface area contributed by atoms with Crippen LogP contribution in [0.1, 0.15) is 16.7 Å². The molecule has 0 saturated heterocycles. The van der Waals surface area contributed by atoms with E-state index in [9.17, 15) is 10.2 Å². The summed E-state index contributed by atoms with van der Waals surface area (Å²) in [4.78, 5) is 2.32. The highest BCUT2D eigenvalue weighted by molar-refractivity contribution is 5.26. The summed E-state index contributed by atoms with van der Waals surface area (Å²) in [6, 6.07) is 27.9. The van der Waals surface area contributed by atoms with Crippen LogP contribution in [-0.2, 0) is 19.5 Å². The minimum atomic E-state index is -0.0000416. The molecule has 3 rings (SSSR count). The molecular weight excluding hydrogens is 322 g/mol. The highest BCUT2D eigenvalue weighted by atomic mass is 16.3. The van der Waals surface area contributed by atoms with Gasteiger partial charge in [0.2, 0.25) is 0 Å². The second kappa shape index (κ2) is 9.18. The lowest BCUT2D eigenvalue weighted by atomic mass is 10.0. The van der Waals surface area contributed by atoms with Crippen LogP contribution < -0.4 is 0 Å². The fourth-order valence-electron chi connectivity index (χ4n) is 3.16. The second-order valence-electron chi connectivity index (χ2n) is 6.58. The smallest absolute Gasteiger partial charge is 0.115 e. The van der Waals surface area contributed by atoms with Crippen LogP contribution in [-0.4, -0.2) is 27.8 Å².